The fourth-order valence-corrected chi connectivity index (χ4v) is 6.57. The van der Waals surface area contributed by atoms with Crippen molar-refractivity contribution in [1.29, 1.82) is 0 Å². The van der Waals surface area contributed by atoms with Crippen molar-refractivity contribution in [2.75, 3.05) is 51.3 Å². The van der Waals surface area contributed by atoms with E-state index in [-0.39, 0.29) is 6.04 Å². The maximum Gasteiger partial charge on any atom is 0.243 e. The third-order valence-electron chi connectivity index (χ3n) is 7.42. The number of sulfonamides is 1. The van der Waals surface area contributed by atoms with Gasteiger partial charge in [-0.3, -0.25) is 4.90 Å². The van der Waals surface area contributed by atoms with E-state index in [0.717, 1.165) is 35.9 Å². The molecule has 0 N–H and O–H groups in total. The molecule has 196 valence electrons. The normalized spacial score (nSPS) is 18.5. The number of hydrogen-bond donors (Lipinski definition) is 0. The highest BCUT2D eigenvalue weighted by atomic mass is 32.2. The Labute approximate surface area is 220 Å². The molecule has 9 heteroatoms. The summed E-state index contributed by atoms with van der Waals surface area (Å²) >= 11 is 0. The number of nitrogens with zero attached hydrogens (tertiary/aromatic N) is 5. The number of piperazine rings is 1. The van der Waals surface area contributed by atoms with E-state index in [2.05, 4.69) is 28.9 Å². The van der Waals surface area contributed by atoms with E-state index >= 15 is 0 Å². The van der Waals surface area contributed by atoms with Crippen LogP contribution in [0.15, 0.2) is 65.7 Å². The summed E-state index contributed by atoms with van der Waals surface area (Å²) < 4.78 is 33.0. The number of benzene rings is 2. The van der Waals surface area contributed by atoms with Gasteiger partial charge >= 0.3 is 0 Å². The van der Waals surface area contributed by atoms with Crippen LogP contribution in [0.3, 0.4) is 0 Å². The molecule has 1 unspecified atom stereocenters. The summed E-state index contributed by atoms with van der Waals surface area (Å²) in [5.41, 5.74) is 2.19. The molecule has 2 aliphatic rings. The van der Waals surface area contributed by atoms with Crippen molar-refractivity contribution in [2.45, 2.75) is 37.1 Å². The molecule has 5 rings (SSSR count). The lowest BCUT2D eigenvalue weighted by Crippen LogP contribution is -2.49. The van der Waals surface area contributed by atoms with Crippen LogP contribution in [0, 0.1) is 0 Å². The Bertz CT molecular complexity index is 1290. The van der Waals surface area contributed by atoms with Gasteiger partial charge < -0.3 is 9.64 Å². The zero-order valence-corrected chi connectivity index (χ0v) is 22.4. The van der Waals surface area contributed by atoms with Gasteiger partial charge in [-0.25, -0.2) is 18.4 Å². The summed E-state index contributed by atoms with van der Waals surface area (Å²) in [5, 5.41) is 0. The number of anilines is 1. The number of rotatable bonds is 7. The van der Waals surface area contributed by atoms with Gasteiger partial charge in [0.2, 0.25) is 10.0 Å². The van der Waals surface area contributed by atoms with Crippen molar-refractivity contribution in [3.63, 3.8) is 0 Å². The van der Waals surface area contributed by atoms with Crippen LogP contribution >= 0.6 is 0 Å². The van der Waals surface area contributed by atoms with E-state index in [1.807, 2.05) is 24.4 Å². The molecule has 37 heavy (non-hydrogen) atoms. The van der Waals surface area contributed by atoms with Gasteiger partial charge in [0.1, 0.15) is 17.4 Å². The zero-order chi connectivity index (χ0) is 25.8. The average molecular weight is 522 g/mol. The van der Waals surface area contributed by atoms with Crippen LogP contribution in [0.2, 0.25) is 0 Å². The van der Waals surface area contributed by atoms with Crippen LogP contribution < -0.4 is 9.64 Å². The number of ether oxygens (including phenoxy) is 1. The Hall–Kier alpha value is -3.01. The molecule has 2 saturated heterocycles. The van der Waals surface area contributed by atoms with Gasteiger partial charge in [-0.1, -0.05) is 30.3 Å². The lowest BCUT2D eigenvalue weighted by molar-refractivity contribution is 0.141. The van der Waals surface area contributed by atoms with E-state index in [1.54, 1.807) is 35.7 Å². The molecule has 2 fully saturated rings. The first-order chi connectivity index (χ1) is 18.0. The van der Waals surface area contributed by atoms with Crippen molar-refractivity contribution < 1.29 is 13.2 Å². The maximum atomic E-state index is 13.2. The molecule has 8 nitrogen and oxygen atoms in total. The Morgan fingerprint density at radius 2 is 1.54 bits per heavy atom. The van der Waals surface area contributed by atoms with Crippen LogP contribution in [-0.2, 0) is 10.0 Å². The molecule has 3 heterocycles. The number of methoxy groups -OCH3 is 1. The standard InChI is InChI=1S/C28H35N5O3S/c1-22(31-17-19-33(20-18-31)37(34,35)25-13-11-24(36-2)12-14-25)27-29-21-26(23-9-5-3-6-10-23)28(30-27)32-15-7-4-8-16-32/h3,5-6,9-14,21-22H,4,7-8,15-20H2,1-2H3. The topological polar surface area (TPSA) is 78.9 Å². The van der Waals surface area contributed by atoms with Gasteiger partial charge in [0.05, 0.1) is 18.0 Å². The third kappa shape index (κ3) is 5.49. The first kappa shape index (κ1) is 25.6. The minimum Gasteiger partial charge on any atom is -0.497 e. The van der Waals surface area contributed by atoms with Gasteiger partial charge in [-0.05, 0) is 56.0 Å². The van der Waals surface area contributed by atoms with E-state index < -0.39 is 10.0 Å². The average Bonchev–Trinajstić information content (AvgIpc) is 2.97. The quantitative estimate of drug-likeness (QED) is 0.461. The van der Waals surface area contributed by atoms with E-state index in [9.17, 15) is 8.42 Å². The lowest BCUT2D eigenvalue weighted by atomic mass is 10.1. The highest BCUT2D eigenvalue weighted by Crippen LogP contribution is 2.32. The van der Waals surface area contributed by atoms with Crippen molar-refractivity contribution in [2.24, 2.45) is 0 Å². The molecule has 2 aromatic carbocycles. The highest BCUT2D eigenvalue weighted by Gasteiger charge is 2.31. The molecule has 3 aromatic rings. The SMILES string of the molecule is COc1ccc(S(=O)(=O)N2CCN(C(C)c3ncc(-c4ccccc4)c(N4CCCCC4)n3)CC2)cc1. The molecule has 1 atom stereocenters. The molecule has 0 saturated carbocycles. The molecular weight excluding hydrogens is 486 g/mol. The Morgan fingerprint density at radius 3 is 2.19 bits per heavy atom. The van der Waals surface area contributed by atoms with Crippen molar-refractivity contribution in [3.05, 3.63) is 66.6 Å². The Balaban J connectivity index is 1.32. The molecule has 0 aliphatic carbocycles. The third-order valence-corrected chi connectivity index (χ3v) is 9.33. The first-order valence-corrected chi connectivity index (χ1v) is 14.5. The summed E-state index contributed by atoms with van der Waals surface area (Å²) in [6.45, 7) is 6.24. The fourth-order valence-electron chi connectivity index (χ4n) is 5.15. The molecule has 0 radical (unpaired) electrons. The summed E-state index contributed by atoms with van der Waals surface area (Å²) in [4.78, 5) is 14.9. The summed E-state index contributed by atoms with van der Waals surface area (Å²) in [5.74, 6) is 2.43. The van der Waals surface area contributed by atoms with Crippen LogP contribution in [-0.4, -0.2) is 74.0 Å². The van der Waals surface area contributed by atoms with Crippen LogP contribution in [0.25, 0.3) is 11.1 Å². The second kappa shape index (κ2) is 11.2. The maximum absolute atomic E-state index is 13.2. The van der Waals surface area contributed by atoms with Gasteiger partial charge in [0.25, 0.3) is 0 Å². The molecule has 0 amide bonds. The molecular formula is C28H35N5O3S. The molecule has 0 bridgehead atoms. The number of hydrogen-bond acceptors (Lipinski definition) is 7. The lowest BCUT2D eigenvalue weighted by Gasteiger charge is -2.37. The predicted molar refractivity (Wildman–Crippen MR) is 145 cm³/mol. The van der Waals surface area contributed by atoms with Crippen molar-refractivity contribution in [1.82, 2.24) is 19.2 Å². The van der Waals surface area contributed by atoms with E-state index in [0.29, 0.717) is 36.8 Å². The zero-order valence-electron chi connectivity index (χ0n) is 21.6. The number of aromatic nitrogens is 2. The Kier molecular flexibility index (Phi) is 7.73. The second-order valence-corrected chi connectivity index (χ2v) is 11.6. The van der Waals surface area contributed by atoms with Gasteiger partial charge in [-0.15, -0.1) is 0 Å². The molecule has 2 aliphatic heterocycles. The first-order valence-electron chi connectivity index (χ1n) is 13.0. The minimum atomic E-state index is -3.55. The van der Waals surface area contributed by atoms with Crippen LogP contribution in [0.4, 0.5) is 5.82 Å². The highest BCUT2D eigenvalue weighted by molar-refractivity contribution is 7.89. The molecule has 0 spiro atoms. The number of piperidine rings is 1. The second-order valence-electron chi connectivity index (χ2n) is 9.67. The van der Waals surface area contributed by atoms with Crippen molar-refractivity contribution in [3.8, 4) is 16.9 Å². The fraction of sp³-hybridized carbons (Fsp3) is 0.429. The monoisotopic (exact) mass is 521 g/mol. The smallest absolute Gasteiger partial charge is 0.243 e. The van der Waals surface area contributed by atoms with Gasteiger partial charge in [0, 0.05) is 51.0 Å². The summed E-state index contributed by atoms with van der Waals surface area (Å²) in [6.07, 6.45) is 5.57. The van der Waals surface area contributed by atoms with Crippen LogP contribution in [0.5, 0.6) is 5.75 Å². The van der Waals surface area contributed by atoms with Gasteiger partial charge in [0.15, 0.2) is 0 Å². The Morgan fingerprint density at radius 1 is 0.865 bits per heavy atom. The predicted octanol–water partition coefficient (Wildman–Crippen LogP) is 4.21. The summed E-state index contributed by atoms with van der Waals surface area (Å²) in [6, 6.07) is 16.9. The molecule has 1 aromatic heterocycles. The minimum absolute atomic E-state index is 0.0146. The van der Waals surface area contributed by atoms with E-state index in [1.165, 1.54) is 19.3 Å². The largest absolute Gasteiger partial charge is 0.497 e. The van der Waals surface area contributed by atoms with Crippen LogP contribution in [0.1, 0.15) is 38.1 Å². The van der Waals surface area contributed by atoms with Crippen molar-refractivity contribution >= 4 is 15.8 Å². The van der Waals surface area contributed by atoms with E-state index in [4.69, 9.17) is 14.7 Å². The van der Waals surface area contributed by atoms with Gasteiger partial charge in [-0.2, -0.15) is 4.31 Å². The summed E-state index contributed by atoms with van der Waals surface area (Å²) in [7, 11) is -1.98.